The van der Waals surface area contributed by atoms with Crippen LogP contribution in [0.4, 0.5) is 8.78 Å². The summed E-state index contributed by atoms with van der Waals surface area (Å²) in [5.74, 6) is -1.94. The lowest BCUT2D eigenvalue weighted by molar-refractivity contribution is 0.0931. The van der Waals surface area contributed by atoms with E-state index in [-0.39, 0.29) is 15.6 Å². The van der Waals surface area contributed by atoms with Crippen molar-refractivity contribution in [1.82, 2.24) is 5.32 Å². The molecule has 0 heterocycles. The first kappa shape index (κ1) is 11.5. The van der Waals surface area contributed by atoms with E-state index in [4.69, 9.17) is 0 Å². The average Bonchev–Trinajstić information content (AvgIpc) is 2.89. The number of nitrogens with one attached hydrogen (secondary N) is 1. The molecule has 16 heavy (non-hydrogen) atoms. The standard InChI is InChI=1S/C11H10BrF2NO/c1-11(2-3-11)15-10(16)6-4-9(14)7(12)5-8(6)13/h4-5H,2-3H2,1H3,(H,15,16). The zero-order valence-electron chi connectivity index (χ0n) is 8.61. The lowest BCUT2D eigenvalue weighted by Gasteiger charge is -2.12. The summed E-state index contributed by atoms with van der Waals surface area (Å²) in [6.07, 6.45) is 1.75. The van der Waals surface area contributed by atoms with Crippen molar-refractivity contribution in [3.63, 3.8) is 0 Å². The number of carbonyl (C=O) groups is 1. The summed E-state index contributed by atoms with van der Waals surface area (Å²) in [6.45, 7) is 1.87. The van der Waals surface area contributed by atoms with Gasteiger partial charge in [-0.25, -0.2) is 8.78 Å². The molecular weight excluding hydrogens is 280 g/mol. The van der Waals surface area contributed by atoms with Gasteiger partial charge in [0.2, 0.25) is 0 Å². The molecular formula is C11H10BrF2NO. The Kier molecular flexibility index (Phi) is 2.74. The number of rotatable bonds is 2. The number of benzene rings is 1. The third-order valence-electron chi connectivity index (χ3n) is 2.67. The van der Waals surface area contributed by atoms with Crippen LogP contribution in [0.25, 0.3) is 0 Å². The van der Waals surface area contributed by atoms with Gasteiger partial charge in [0.1, 0.15) is 11.6 Å². The van der Waals surface area contributed by atoms with E-state index in [1.807, 2.05) is 6.92 Å². The summed E-state index contributed by atoms with van der Waals surface area (Å²) in [6, 6.07) is 1.86. The van der Waals surface area contributed by atoms with E-state index in [0.717, 1.165) is 25.0 Å². The molecule has 1 aliphatic rings. The van der Waals surface area contributed by atoms with Gasteiger partial charge in [0.15, 0.2) is 0 Å². The second-order valence-corrected chi connectivity index (χ2v) is 5.12. The third-order valence-corrected chi connectivity index (χ3v) is 3.28. The molecule has 2 nitrogen and oxygen atoms in total. The zero-order valence-corrected chi connectivity index (χ0v) is 10.2. The van der Waals surface area contributed by atoms with Crippen LogP contribution in [-0.2, 0) is 0 Å². The Morgan fingerprint density at radius 3 is 2.56 bits per heavy atom. The largest absolute Gasteiger partial charge is 0.347 e. The van der Waals surface area contributed by atoms with Crippen molar-refractivity contribution in [3.8, 4) is 0 Å². The predicted octanol–water partition coefficient (Wildman–Crippen LogP) is 3.01. The van der Waals surface area contributed by atoms with Gasteiger partial charge in [0, 0.05) is 5.54 Å². The average molecular weight is 290 g/mol. The smallest absolute Gasteiger partial charge is 0.254 e. The van der Waals surface area contributed by atoms with Crippen molar-refractivity contribution in [2.24, 2.45) is 0 Å². The molecule has 1 aliphatic carbocycles. The van der Waals surface area contributed by atoms with Gasteiger partial charge in [-0.15, -0.1) is 0 Å². The molecule has 0 spiro atoms. The van der Waals surface area contributed by atoms with E-state index < -0.39 is 17.5 Å². The fourth-order valence-corrected chi connectivity index (χ4v) is 1.67. The Morgan fingerprint density at radius 1 is 1.38 bits per heavy atom. The van der Waals surface area contributed by atoms with Gasteiger partial charge in [0.05, 0.1) is 10.0 Å². The van der Waals surface area contributed by atoms with Crippen molar-refractivity contribution in [1.29, 1.82) is 0 Å². The fourth-order valence-electron chi connectivity index (χ4n) is 1.35. The normalized spacial score (nSPS) is 17.0. The minimum atomic E-state index is -0.727. The number of halogens is 3. The summed E-state index contributed by atoms with van der Waals surface area (Å²) in [5.41, 5.74) is -0.499. The summed E-state index contributed by atoms with van der Waals surface area (Å²) in [5, 5.41) is 2.67. The van der Waals surface area contributed by atoms with E-state index in [0.29, 0.717) is 0 Å². The molecule has 0 radical (unpaired) electrons. The van der Waals surface area contributed by atoms with Crippen LogP contribution in [0.3, 0.4) is 0 Å². The van der Waals surface area contributed by atoms with E-state index in [2.05, 4.69) is 21.2 Å². The topological polar surface area (TPSA) is 29.1 Å². The van der Waals surface area contributed by atoms with Gasteiger partial charge in [-0.05, 0) is 47.8 Å². The lowest BCUT2D eigenvalue weighted by Crippen LogP contribution is -2.34. The van der Waals surface area contributed by atoms with Crippen LogP contribution in [0, 0.1) is 11.6 Å². The van der Waals surface area contributed by atoms with Gasteiger partial charge in [-0.1, -0.05) is 0 Å². The molecule has 1 fully saturated rings. The molecule has 1 aromatic carbocycles. The van der Waals surface area contributed by atoms with E-state index in [9.17, 15) is 13.6 Å². The summed E-state index contributed by atoms with van der Waals surface area (Å²) < 4.78 is 26.6. The van der Waals surface area contributed by atoms with Gasteiger partial charge in [0.25, 0.3) is 5.91 Å². The summed E-state index contributed by atoms with van der Waals surface area (Å²) >= 11 is 2.86. The number of carbonyl (C=O) groups excluding carboxylic acids is 1. The number of hydrogen-bond donors (Lipinski definition) is 1. The van der Waals surface area contributed by atoms with Crippen molar-refractivity contribution < 1.29 is 13.6 Å². The SMILES string of the molecule is CC1(NC(=O)c2cc(F)c(Br)cc2F)CC1. The first-order valence-electron chi connectivity index (χ1n) is 4.88. The molecule has 0 atom stereocenters. The Morgan fingerprint density at radius 2 is 2.00 bits per heavy atom. The van der Waals surface area contributed by atoms with Crippen LogP contribution in [-0.4, -0.2) is 11.4 Å². The first-order valence-corrected chi connectivity index (χ1v) is 5.68. The minimum Gasteiger partial charge on any atom is -0.347 e. The molecule has 0 unspecified atom stereocenters. The Hall–Kier alpha value is -0.970. The molecule has 1 amide bonds. The highest BCUT2D eigenvalue weighted by Crippen LogP contribution is 2.34. The van der Waals surface area contributed by atoms with E-state index in [1.54, 1.807) is 0 Å². The highest BCUT2D eigenvalue weighted by molar-refractivity contribution is 9.10. The quantitative estimate of drug-likeness (QED) is 0.833. The van der Waals surface area contributed by atoms with E-state index in [1.165, 1.54) is 0 Å². The second-order valence-electron chi connectivity index (χ2n) is 4.26. The molecule has 0 bridgehead atoms. The van der Waals surface area contributed by atoms with Gasteiger partial charge >= 0.3 is 0 Å². The highest BCUT2D eigenvalue weighted by atomic mass is 79.9. The van der Waals surface area contributed by atoms with Crippen LogP contribution in [0.5, 0.6) is 0 Å². The Labute approximate surface area is 100 Å². The summed E-state index contributed by atoms with van der Waals surface area (Å²) in [4.78, 5) is 11.7. The fraction of sp³-hybridized carbons (Fsp3) is 0.364. The molecule has 0 aromatic heterocycles. The Bertz CT molecular complexity index is 458. The molecule has 1 saturated carbocycles. The van der Waals surface area contributed by atoms with Crippen molar-refractivity contribution in [3.05, 3.63) is 33.8 Å². The van der Waals surface area contributed by atoms with Crippen LogP contribution in [0.2, 0.25) is 0 Å². The first-order chi connectivity index (χ1) is 7.41. The van der Waals surface area contributed by atoms with Crippen LogP contribution in [0.15, 0.2) is 16.6 Å². The van der Waals surface area contributed by atoms with Gasteiger partial charge in [-0.2, -0.15) is 0 Å². The molecule has 0 aliphatic heterocycles. The lowest BCUT2D eigenvalue weighted by atomic mass is 10.1. The molecule has 1 N–H and O–H groups in total. The molecule has 1 aromatic rings. The maximum atomic E-state index is 13.4. The van der Waals surface area contributed by atoms with Gasteiger partial charge in [-0.3, -0.25) is 4.79 Å². The maximum Gasteiger partial charge on any atom is 0.254 e. The Balaban J connectivity index is 2.26. The minimum absolute atomic E-state index is 0.0131. The molecule has 86 valence electrons. The highest BCUT2D eigenvalue weighted by Gasteiger charge is 2.39. The van der Waals surface area contributed by atoms with Crippen LogP contribution < -0.4 is 5.32 Å². The monoisotopic (exact) mass is 289 g/mol. The molecule has 0 saturated heterocycles. The van der Waals surface area contributed by atoms with Crippen LogP contribution in [0.1, 0.15) is 30.1 Å². The zero-order chi connectivity index (χ0) is 11.9. The third kappa shape index (κ3) is 2.24. The van der Waals surface area contributed by atoms with Crippen molar-refractivity contribution >= 4 is 21.8 Å². The van der Waals surface area contributed by atoms with Crippen molar-refractivity contribution in [2.45, 2.75) is 25.3 Å². The molecule has 5 heteroatoms. The maximum absolute atomic E-state index is 13.4. The van der Waals surface area contributed by atoms with Gasteiger partial charge < -0.3 is 5.32 Å². The van der Waals surface area contributed by atoms with E-state index >= 15 is 0 Å². The van der Waals surface area contributed by atoms with Crippen molar-refractivity contribution in [2.75, 3.05) is 0 Å². The van der Waals surface area contributed by atoms with Crippen LogP contribution >= 0.6 is 15.9 Å². The predicted molar refractivity (Wildman–Crippen MR) is 59.2 cm³/mol. The molecule has 2 rings (SSSR count). The second kappa shape index (κ2) is 3.80. The number of hydrogen-bond acceptors (Lipinski definition) is 1. The summed E-state index contributed by atoms with van der Waals surface area (Å²) in [7, 11) is 0. The number of amides is 1.